The predicted octanol–water partition coefficient (Wildman–Crippen LogP) is 1.66. The van der Waals surface area contributed by atoms with Crippen LogP contribution in [0, 0.1) is 11.8 Å². The molecule has 1 heterocycles. The van der Waals surface area contributed by atoms with Crippen LogP contribution >= 0.6 is 0 Å². The first-order valence-electron chi connectivity index (χ1n) is 10.4. The van der Waals surface area contributed by atoms with E-state index in [-0.39, 0.29) is 35.8 Å². The Hall–Kier alpha value is -3.56. The smallest absolute Gasteiger partial charge is 0.337 e. The highest BCUT2D eigenvalue weighted by atomic mass is 16.5. The third-order valence-electron chi connectivity index (χ3n) is 4.59. The molecule has 1 amide bonds. The molecule has 0 atom stereocenters. The first-order chi connectivity index (χ1) is 15.0. The minimum atomic E-state index is -0.636. The van der Waals surface area contributed by atoms with E-state index in [0.29, 0.717) is 24.3 Å². The number of aromatic nitrogens is 2. The number of rotatable bonds is 9. The molecule has 10 heteroatoms. The molecular weight excluding hydrogens is 414 g/mol. The zero-order valence-corrected chi connectivity index (χ0v) is 19.1. The molecule has 1 aromatic carbocycles. The minimum Gasteiger partial charge on any atom is -0.465 e. The highest BCUT2D eigenvalue weighted by Gasteiger charge is 2.22. The highest BCUT2D eigenvalue weighted by molar-refractivity contribution is 5.95. The number of carbonyl (C=O) groups is 2. The van der Waals surface area contributed by atoms with Gasteiger partial charge < -0.3 is 20.7 Å². The van der Waals surface area contributed by atoms with Crippen molar-refractivity contribution in [1.29, 1.82) is 0 Å². The fraction of sp³-hybridized carbons (Fsp3) is 0.455. The molecule has 0 aliphatic rings. The number of hydrogen-bond donors (Lipinski definition) is 3. The van der Waals surface area contributed by atoms with Crippen molar-refractivity contribution in [2.24, 2.45) is 11.8 Å². The van der Waals surface area contributed by atoms with Crippen LogP contribution in [0.4, 0.5) is 17.2 Å². The molecule has 32 heavy (non-hydrogen) atoms. The molecule has 0 saturated carbocycles. The number of amides is 1. The van der Waals surface area contributed by atoms with Gasteiger partial charge in [0.15, 0.2) is 0 Å². The van der Waals surface area contributed by atoms with Crippen LogP contribution in [0.5, 0.6) is 0 Å². The van der Waals surface area contributed by atoms with Crippen LogP contribution in [0.1, 0.15) is 38.1 Å². The summed E-state index contributed by atoms with van der Waals surface area (Å²) in [6, 6.07) is 6.25. The predicted molar refractivity (Wildman–Crippen MR) is 124 cm³/mol. The summed E-state index contributed by atoms with van der Waals surface area (Å²) in [5.41, 5.74) is 5.94. The molecule has 0 bridgehead atoms. The molecule has 0 aliphatic heterocycles. The number of methoxy groups -OCH3 is 1. The summed E-state index contributed by atoms with van der Waals surface area (Å²) < 4.78 is 5.98. The maximum atomic E-state index is 12.7. The molecule has 0 saturated heterocycles. The lowest BCUT2D eigenvalue weighted by Crippen LogP contribution is -2.43. The summed E-state index contributed by atoms with van der Waals surface area (Å²) in [6.07, 6.45) is 0. The number of nitrogens with one attached hydrogen (secondary N) is 2. The molecule has 4 N–H and O–H groups in total. The van der Waals surface area contributed by atoms with Crippen LogP contribution < -0.4 is 27.2 Å². The van der Waals surface area contributed by atoms with Crippen LogP contribution in [-0.2, 0) is 16.1 Å². The number of ether oxygens (including phenoxy) is 1. The monoisotopic (exact) mass is 445 g/mol. The number of aromatic amines is 1. The molecule has 2 aromatic rings. The van der Waals surface area contributed by atoms with Crippen molar-refractivity contribution in [3.05, 3.63) is 50.7 Å². The Balaban J connectivity index is 2.31. The van der Waals surface area contributed by atoms with Crippen molar-refractivity contribution in [2.75, 3.05) is 36.1 Å². The number of benzene rings is 1. The fourth-order valence-electron chi connectivity index (χ4n) is 3.29. The third kappa shape index (κ3) is 6.22. The molecule has 0 aliphatic carbocycles. The van der Waals surface area contributed by atoms with E-state index in [1.54, 1.807) is 17.0 Å². The second kappa shape index (κ2) is 10.7. The molecule has 0 spiro atoms. The average Bonchev–Trinajstić information content (AvgIpc) is 2.70. The number of anilines is 3. The van der Waals surface area contributed by atoms with Crippen LogP contribution in [-0.4, -0.2) is 41.6 Å². The number of hydrogen-bond acceptors (Lipinski definition) is 7. The quantitative estimate of drug-likeness (QED) is 0.499. The Kier molecular flexibility index (Phi) is 8.22. The second-order valence-corrected chi connectivity index (χ2v) is 8.39. The largest absolute Gasteiger partial charge is 0.465 e. The van der Waals surface area contributed by atoms with Gasteiger partial charge in [0.05, 0.1) is 19.2 Å². The second-order valence-electron chi connectivity index (χ2n) is 8.39. The van der Waals surface area contributed by atoms with Crippen LogP contribution in [0.2, 0.25) is 0 Å². The van der Waals surface area contributed by atoms with E-state index >= 15 is 0 Å². The molecule has 2 rings (SSSR count). The van der Waals surface area contributed by atoms with Gasteiger partial charge in [0.1, 0.15) is 11.5 Å². The summed E-state index contributed by atoms with van der Waals surface area (Å²) in [4.78, 5) is 53.0. The van der Waals surface area contributed by atoms with Crippen molar-refractivity contribution in [3.63, 3.8) is 0 Å². The topological polar surface area (TPSA) is 140 Å². The van der Waals surface area contributed by atoms with Gasteiger partial charge >= 0.3 is 11.7 Å². The SMILES string of the molecule is COC(=O)c1ccc(NC(=O)CN(CC(C)C)c2c(N)n(CC(C)C)c(=O)[nH]c2=O)cc1. The highest BCUT2D eigenvalue weighted by Crippen LogP contribution is 2.19. The number of nitrogen functional groups attached to an aromatic ring is 1. The van der Waals surface area contributed by atoms with Crippen molar-refractivity contribution in [3.8, 4) is 0 Å². The number of carbonyl (C=O) groups excluding carboxylic acids is 2. The van der Waals surface area contributed by atoms with E-state index in [4.69, 9.17) is 5.73 Å². The van der Waals surface area contributed by atoms with Gasteiger partial charge in [-0.25, -0.2) is 9.59 Å². The lowest BCUT2D eigenvalue weighted by atomic mass is 10.2. The Morgan fingerprint density at radius 2 is 1.75 bits per heavy atom. The standard InChI is InChI=1S/C22H31N5O5/c1-13(2)10-26(18-19(23)27(11-14(3)4)22(31)25-20(18)29)12-17(28)24-16-8-6-15(7-9-16)21(30)32-5/h6-9,13-14H,10-12,23H2,1-5H3,(H,24,28)(H,25,29,31). The number of esters is 1. The first-order valence-corrected chi connectivity index (χ1v) is 10.4. The van der Waals surface area contributed by atoms with Crippen molar-refractivity contribution >= 4 is 29.1 Å². The van der Waals surface area contributed by atoms with Crippen LogP contribution in [0.25, 0.3) is 0 Å². The van der Waals surface area contributed by atoms with Gasteiger partial charge in [-0.05, 0) is 36.1 Å². The van der Waals surface area contributed by atoms with Gasteiger partial charge in [0.25, 0.3) is 5.56 Å². The van der Waals surface area contributed by atoms with Gasteiger partial charge in [-0.15, -0.1) is 0 Å². The van der Waals surface area contributed by atoms with E-state index in [2.05, 4.69) is 15.0 Å². The number of nitrogens with two attached hydrogens (primary N) is 1. The van der Waals surface area contributed by atoms with E-state index in [1.165, 1.54) is 23.8 Å². The van der Waals surface area contributed by atoms with Crippen molar-refractivity contribution < 1.29 is 14.3 Å². The first kappa shape index (κ1) is 24.7. The van der Waals surface area contributed by atoms with E-state index in [9.17, 15) is 19.2 Å². The molecule has 1 aromatic heterocycles. The lowest BCUT2D eigenvalue weighted by molar-refractivity contribution is -0.115. The lowest BCUT2D eigenvalue weighted by Gasteiger charge is -2.27. The summed E-state index contributed by atoms with van der Waals surface area (Å²) in [5, 5.41) is 2.74. The van der Waals surface area contributed by atoms with Crippen LogP contribution in [0.15, 0.2) is 33.9 Å². The molecule has 10 nitrogen and oxygen atoms in total. The maximum Gasteiger partial charge on any atom is 0.337 e. The molecule has 174 valence electrons. The van der Waals surface area contributed by atoms with E-state index < -0.39 is 17.2 Å². The zero-order valence-electron chi connectivity index (χ0n) is 19.1. The average molecular weight is 446 g/mol. The Morgan fingerprint density at radius 1 is 1.12 bits per heavy atom. The number of H-pyrrole nitrogens is 1. The fourth-order valence-corrected chi connectivity index (χ4v) is 3.29. The summed E-state index contributed by atoms with van der Waals surface area (Å²) in [6.45, 7) is 8.33. The van der Waals surface area contributed by atoms with Gasteiger partial charge in [0.2, 0.25) is 5.91 Å². The Morgan fingerprint density at radius 3 is 2.28 bits per heavy atom. The van der Waals surface area contributed by atoms with Crippen LogP contribution in [0.3, 0.4) is 0 Å². The Labute approximate surface area is 186 Å². The van der Waals surface area contributed by atoms with Gasteiger partial charge in [-0.1, -0.05) is 27.7 Å². The molecular formula is C22H31N5O5. The van der Waals surface area contributed by atoms with E-state index in [0.717, 1.165) is 0 Å². The van der Waals surface area contributed by atoms with Gasteiger partial charge in [-0.2, -0.15) is 0 Å². The summed E-state index contributed by atoms with van der Waals surface area (Å²) in [5.74, 6) is -0.576. The molecule has 0 fully saturated rings. The normalized spacial score (nSPS) is 11.0. The zero-order chi connectivity index (χ0) is 24.0. The molecule has 0 radical (unpaired) electrons. The number of nitrogens with zero attached hydrogens (tertiary/aromatic N) is 2. The maximum absolute atomic E-state index is 12.7. The third-order valence-corrected chi connectivity index (χ3v) is 4.59. The van der Waals surface area contributed by atoms with Gasteiger partial charge in [0, 0.05) is 18.8 Å². The van der Waals surface area contributed by atoms with E-state index in [1.807, 2.05) is 27.7 Å². The van der Waals surface area contributed by atoms with Crippen molar-refractivity contribution in [2.45, 2.75) is 34.2 Å². The summed E-state index contributed by atoms with van der Waals surface area (Å²) in [7, 11) is 1.29. The minimum absolute atomic E-state index is 0.0309. The van der Waals surface area contributed by atoms with Crippen molar-refractivity contribution in [1.82, 2.24) is 9.55 Å². The summed E-state index contributed by atoms with van der Waals surface area (Å²) >= 11 is 0. The van der Waals surface area contributed by atoms with Gasteiger partial charge in [-0.3, -0.25) is 19.1 Å². The molecule has 0 unspecified atom stereocenters. The Bertz CT molecular complexity index is 1070.